The van der Waals surface area contributed by atoms with Crippen LogP contribution in [0, 0.1) is 19.3 Å². The number of rotatable bonds is 9. The zero-order chi connectivity index (χ0) is 16.9. The predicted octanol–water partition coefficient (Wildman–Crippen LogP) is 5.26. The van der Waals surface area contributed by atoms with E-state index in [9.17, 15) is 0 Å². The molecule has 0 N–H and O–H groups in total. The van der Waals surface area contributed by atoms with Gasteiger partial charge >= 0.3 is 0 Å². The summed E-state index contributed by atoms with van der Waals surface area (Å²) in [4.78, 5) is 6.82. The Morgan fingerprint density at radius 3 is 2.61 bits per heavy atom. The zero-order valence-corrected chi connectivity index (χ0v) is 15.5. The summed E-state index contributed by atoms with van der Waals surface area (Å²) in [7, 11) is 2.09. The van der Waals surface area contributed by atoms with Gasteiger partial charge in [0.1, 0.15) is 5.75 Å². The van der Waals surface area contributed by atoms with Gasteiger partial charge in [-0.2, -0.15) is 0 Å². The molecular weight excluding hydrogens is 284 g/mol. The summed E-state index contributed by atoms with van der Waals surface area (Å²) in [5.74, 6) is 1.01. The number of hydrogen-bond acceptors (Lipinski definition) is 2. The van der Waals surface area contributed by atoms with E-state index in [2.05, 4.69) is 56.8 Å². The van der Waals surface area contributed by atoms with Crippen molar-refractivity contribution in [3.63, 3.8) is 0 Å². The number of aryl methyl sites for hydroxylation is 2. The van der Waals surface area contributed by atoms with Crippen LogP contribution in [0.2, 0.25) is 0 Å². The van der Waals surface area contributed by atoms with E-state index in [1.165, 1.54) is 43.2 Å². The largest absolute Gasteiger partial charge is 0.493 e. The molecule has 1 aromatic carbocycles. The van der Waals surface area contributed by atoms with Crippen molar-refractivity contribution < 1.29 is 4.74 Å². The molecule has 128 valence electrons. The average Bonchev–Trinajstić information content (AvgIpc) is 3.24. The van der Waals surface area contributed by atoms with Gasteiger partial charge in [-0.25, -0.2) is 4.99 Å². The second-order valence-electron chi connectivity index (χ2n) is 7.44. The van der Waals surface area contributed by atoms with Crippen LogP contribution in [0.15, 0.2) is 17.1 Å². The Balaban J connectivity index is 1.95. The summed E-state index contributed by atoms with van der Waals surface area (Å²) in [5.41, 5.74) is 3.79. The fourth-order valence-corrected chi connectivity index (χ4v) is 2.51. The quantitative estimate of drug-likeness (QED) is 0.352. The van der Waals surface area contributed by atoms with Gasteiger partial charge in [-0.1, -0.05) is 26.7 Å². The number of unbranched alkanes of at least 4 members (excludes halogenated alkanes) is 2. The number of aliphatic imine (C=N–C) groups is 1. The summed E-state index contributed by atoms with van der Waals surface area (Å²) in [6, 6.07) is 4.26. The zero-order valence-electron chi connectivity index (χ0n) is 15.5. The minimum Gasteiger partial charge on any atom is -0.493 e. The van der Waals surface area contributed by atoms with Crippen LogP contribution in [0.25, 0.3) is 0 Å². The standard InChI is InChI=1S/C20H32N2O/c1-6-7-8-11-22(5)15-21-18-12-17(3)19(13-16(18)2)23-14-20(4)9-10-20/h12-13,15H,6-11,14H2,1-5H3. The van der Waals surface area contributed by atoms with E-state index in [1.807, 2.05) is 6.34 Å². The first-order valence-corrected chi connectivity index (χ1v) is 8.92. The van der Waals surface area contributed by atoms with Crippen molar-refractivity contribution in [2.75, 3.05) is 20.2 Å². The highest BCUT2D eigenvalue weighted by atomic mass is 16.5. The molecule has 0 atom stereocenters. The topological polar surface area (TPSA) is 24.8 Å². The normalized spacial score (nSPS) is 15.9. The lowest BCUT2D eigenvalue weighted by Crippen LogP contribution is -2.17. The van der Waals surface area contributed by atoms with Gasteiger partial charge in [0.15, 0.2) is 0 Å². The molecule has 1 aliphatic carbocycles. The summed E-state index contributed by atoms with van der Waals surface area (Å²) >= 11 is 0. The lowest BCUT2D eigenvalue weighted by molar-refractivity contribution is 0.246. The van der Waals surface area contributed by atoms with Gasteiger partial charge in [-0.3, -0.25) is 0 Å². The number of ether oxygens (including phenoxy) is 1. The molecule has 0 unspecified atom stereocenters. The highest BCUT2D eigenvalue weighted by Gasteiger charge is 2.38. The van der Waals surface area contributed by atoms with Crippen LogP contribution in [0.4, 0.5) is 5.69 Å². The molecule has 1 saturated carbocycles. The summed E-state index contributed by atoms with van der Waals surface area (Å²) in [5, 5.41) is 0. The van der Waals surface area contributed by atoms with Crippen LogP contribution in [-0.4, -0.2) is 31.4 Å². The highest BCUT2D eigenvalue weighted by molar-refractivity contribution is 5.64. The number of benzene rings is 1. The Bertz CT molecular complexity index is 547. The Kier molecular flexibility index (Phi) is 6.09. The Labute approximate surface area is 141 Å². The van der Waals surface area contributed by atoms with Crippen LogP contribution in [0.1, 0.15) is 57.1 Å². The summed E-state index contributed by atoms with van der Waals surface area (Å²) < 4.78 is 6.03. The fraction of sp³-hybridized carbons (Fsp3) is 0.650. The first-order valence-electron chi connectivity index (χ1n) is 8.92. The maximum absolute atomic E-state index is 6.03. The third-order valence-corrected chi connectivity index (χ3v) is 4.68. The molecule has 3 heteroatoms. The molecule has 23 heavy (non-hydrogen) atoms. The van der Waals surface area contributed by atoms with E-state index in [-0.39, 0.29) is 0 Å². The van der Waals surface area contributed by atoms with E-state index >= 15 is 0 Å². The first kappa shape index (κ1) is 17.8. The molecule has 2 rings (SSSR count). The Morgan fingerprint density at radius 1 is 1.22 bits per heavy atom. The van der Waals surface area contributed by atoms with Crippen molar-refractivity contribution in [3.05, 3.63) is 23.3 Å². The molecule has 0 spiro atoms. The SMILES string of the molecule is CCCCCN(C)C=Nc1cc(C)c(OCC2(C)CC2)cc1C. The first-order chi connectivity index (χ1) is 10.9. The lowest BCUT2D eigenvalue weighted by atomic mass is 10.1. The maximum Gasteiger partial charge on any atom is 0.122 e. The third kappa shape index (κ3) is 5.56. The highest BCUT2D eigenvalue weighted by Crippen LogP contribution is 2.45. The van der Waals surface area contributed by atoms with Gasteiger partial charge in [0.2, 0.25) is 0 Å². The maximum atomic E-state index is 6.03. The van der Waals surface area contributed by atoms with Gasteiger partial charge in [0.05, 0.1) is 18.6 Å². The van der Waals surface area contributed by atoms with Gasteiger partial charge < -0.3 is 9.64 Å². The van der Waals surface area contributed by atoms with Crippen molar-refractivity contribution in [1.29, 1.82) is 0 Å². The molecule has 0 saturated heterocycles. The van der Waals surface area contributed by atoms with Crippen LogP contribution < -0.4 is 4.74 Å². The smallest absolute Gasteiger partial charge is 0.122 e. The monoisotopic (exact) mass is 316 g/mol. The molecule has 0 aromatic heterocycles. The van der Waals surface area contributed by atoms with Crippen molar-refractivity contribution in [2.24, 2.45) is 10.4 Å². The minimum atomic E-state index is 0.415. The molecule has 3 nitrogen and oxygen atoms in total. The molecule has 1 aliphatic rings. The molecule has 0 amide bonds. The molecular formula is C20H32N2O. The number of hydrogen-bond donors (Lipinski definition) is 0. The van der Waals surface area contributed by atoms with Gasteiger partial charge in [-0.15, -0.1) is 0 Å². The predicted molar refractivity (Wildman–Crippen MR) is 99.1 cm³/mol. The summed E-state index contributed by atoms with van der Waals surface area (Å²) in [6.45, 7) is 10.6. The molecule has 1 aromatic rings. The number of nitrogens with zero attached hydrogens (tertiary/aromatic N) is 2. The van der Waals surface area contributed by atoms with Crippen molar-refractivity contribution >= 4 is 12.0 Å². The van der Waals surface area contributed by atoms with E-state index in [1.54, 1.807) is 0 Å². The van der Waals surface area contributed by atoms with E-state index in [0.29, 0.717) is 5.41 Å². The second-order valence-corrected chi connectivity index (χ2v) is 7.44. The molecule has 0 bridgehead atoms. The van der Waals surface area contributed by atoms with Crippen molar-refractivity contribution in [3.8, 4) is 5.75 Å². The van der Waals surface area contributed by atoms with E-state index in [4.69, 9.17) is 4.74 Å². The van der Waals surface area contributed by atoms with Crippen LogP contribution in [-0.2, 0) is 0 Å². The van der Waals surface area contributed by atoms with Gasteiger partial charge in [-0.05, 0) is 56.4 Å². The van der Waals surface area contributed by atoms with Crippen LogP contribution >= 0.6 is 0 Å². The lowest BCUT2D eigenvalue weighted by Gasteiger charge is -2.15. The molecule has 1 fully saturated rings. The fourth-order valence-electron chi connectivity index (χ4n) is 2.51. The average molecular weight is 316 g/mol. The molecule has 0 aliphatic heterocycles. The Hall–Kier alpha value is -1.51. The van der Waals surface area contributed by atoms with E-state index < -0.39 is 0 Å². The molecule has 0 heterocycles. The van der Waals surface area contributed by atoms with Crippen molar-refractivity contribution in [1.82, 2.24) is 4.90 Å². The third-order valence-electron chi connectivity index (χ3n) is 4.68. The Morgan fingerprint density at radius 2 is 1.96 bits per heavy atom. The van der Waals surface area contributed by atoms with Crippen molar-refractivity contribution in [2.45, 2.75) is 59.8 Å². The van der Waals surface area contributed by atoms with E-state index in [0.717, 1.165) is 24.6 Å². The van der Waals surface area contributed by atoms with Gasteiger partial charge in [0, 0.05) is 19.0 Å². The second kappa shape index (κ2) is 7.85. The van der Waals surface area contributed by atoms with Crippen LogP contribution in [0.5, 0.6) is 5.75 Å². The molecule has 0 radical (unpaired) electrons. The minimum absolute atomic E-state index is 0.415. The van der Waals surface area contributed by atoms with Crippen LogP contribution in [0.3, 0.4) is 0 Å². The summed E-state index contributed by atoms with van der Waals surface area (Å²) in [6.07, 6.45) is 8.28. The van der Waals surface area contributed by atoms with Gasteiger partial charge in [0.25, 0.3) is 0 Å².